The summed E-state index contributed by atoms with van der Waals surface area (Å²) in [5.41, 5.74) is 0.0464. The topological polar surface area (TPSA) is 101 Å². The van der Waals surface area contributed by atoms with Crippen molar-refractivity contribution in [3.05, 3.63) is 28.3 Å². The molecule has 0 amide bonds. The molecular formula is C12H19N3O4S2. The van der Waals surface area contributed by atoms with Crippen molar-refractivity contribution < 1.29 is 13.3 Å². The third kappa shape index (κ3) is 4.58. The third-order valence-corrected chi connectivity index (χ3v) is 5.23. The zero-order valence-electron chi connectivity index (χ0n) is 12.1. The number of nitrogens with zero attached hydrogens (tertiary/aromatic N) is 1. The van der Waals surface area contributed by atoms with Crippen LogP contribution >= 0.6 is 11.8 Å². The molecule has 0 aliphatic carbocycles. The summed E-state index contributed by atoms with van der Waals surface area (Å²) >= 11 is 1.55. The predicted molar refractivity (Wildman–Crippen MR) is 85.4 cm³/mol. The lowest BCUT2D eigenvalue weighted by Crippen LogP contribution is -2.36. The molecule has 0 aromatic heterocycles. The maximum Gasteiger partial charge on any atom is 0.271 e. The highest BCUT2D eigenvalue weighted by Gasteiger charge is 2.23. The maximum absolute atomic E-state index is 12.4. The number of rotatable bonds is 8. The molecule has 0 aliphatic rings. The molecule has 21 heavy (non-hydrogen) atoms. The van der Waals surface area contributed by atoms with Crippen molar-refractivity contribution in [2.24, 2.45) is 0 Å². The lowest BCUT2D eigenvalue weighted by molar-refractivity contribution is -0.384. The number of nitro groups is 1. The summed E-state index contributed by atoms with van der Waals surface area (Å²) in [6.45, 7) is 1.90. The van der Waals surface area contributed by atoms with Gasteiger partial charge in [-0.3, -0.25) is 10.1 Å². The van der Waals surface area contributed by atoms with Gasteiger partial charge in [0.2, 0.25) is 10.0 Å². The molecule has 0 aliphatic heterocycles. The van der Waals surface area contributed by atoms with Crippen LogP contribution in [0.5, 0.6) is 0 Å². The monoisotopic (exact) mass is 333 g/mol. The average Bonchev–Trinajstić information content (AvgIpc) is 2.45. The van der Waals surface area contributed by atoms with E-state index in [1.807, 2.05) is 13.2 Å². The van der Waals surface area contributed by atoms with Gasteiger partial charge in [0.05, 0.1) is 10.6 Å². The van der Waals surface area contributed by atoms with Gasteiger partial charge in [0.15, 0.2) is 0 Å². The SMILES string of the molecule is CCC(CSC)NS(=O)(=O)c1ccc([N+](=O)[O-])cc1NC. The van der Waals surface area contributed by atoms with Crippen LogP contribution in [0.4, 0.5) is 11.4 Å². The Hall–Kier alpha value is -1.32. The number of nitro benzene ring substituents is 1. The maximum atomic E-state index is 12.4. The van der Waals surface area contributed by atoms with Gasteiger partial charge in [-0.15, -0.1) is 0 Å². The fraction of sp³-hybridized carbons (Fsp3) is 0.500. The van der Waals surface area contributed by atoms with Gasteiger partial charge in [-0.05, 0) is 18.7 Å². The first kappa shape index (κ1) is 17.7. The Kier molecular flexibility index (Phi) is 6.43. The van der Waals surface area contributed by atoms with Crippen LogP contribution in [0.25, 0.3) is 0 Å². The fourth-order valence-electron chi connectivity index (χ4n) is 1.78. The summed E-state index contributed by atoms with van der Waals surface area (Å²) in [6.07, 6.45) is 2.57. The molecule has 0 bridgehead atoms. The molecule has 1 aromatic carbocycles. The van der Waals surface area contributed by atoms with Gasteiger partial charge in [0, 0.05) is 31.0 Å². The number of anilines is 1. The first-order chi connectivity index (χ1) is 9.85. The highest BCUT2D eigenvalue weighted by molar-refractivity contribution is 7.98. The van der Waals surface area contributed by atoms with Crippen molar-refractivity contribution in [3.63, 3.8) is 0 Å². The van der Waals surface area contributed by atoms with E-state index in [0.29, 0.717) is 12.2 Å². The Morgan fingerprint density at radius 3 is 2.57 bits per heavy atom. The van der Waals surface area contributed by atoms with Crippen LogP contribution in [-0.2, 0) is 10.0 Å². The molecule has 0 spiro atoms. The lowest BCUT2D eigenvalue weighted by atomic mass is 10.3. The summed E-state index contributed by atoms with van der Waals surface area (Å²) in [5.74, 6) is 0.664. The second-order valence-corrected chi connectivity index (χ2v) is 6.96. The Bertz CT molecular complexity index is 605. The van der Waals surface area contributed by atoms with E-state index in [9.17, 15) is 18.5 Å². The zero-order valence-corrected chi connectivity index (χ0v) is 13.8. The van der Waals surface area contributed by atoms with Crippen LogP contribution in [0, 0.1) is 10.1 Å². The number of hydrogen-bond acceptors (Lipinski definition) is 6. The normalized spacial score (nSPS) is 12.9. The lowest BCUT2D eigenvalue weighted by Gasteiger charge is -2.17. The highest BCUT2D eigenvalue weighted by Crippen LogP contribution is 2.26. The molecule has 0 radical (unpaired) electrons. The standard InChI is InChI=1S/C12H19N3O4S2/c1-4-9(8-20-3)14-21(18,19)12-6-5-10(15(16)17)7-11(12)13-2/h5-7,9,13-14H,4,8H2,1-3H3. The molecule has 1 unspecified atom stereocenters. The van der Waals surface area contributed by atoms with Crippen molar-refractivity contribution in [2.75, 3.05) is 24.4 Å². The quantitative estimate of drug-likeness (QED) is 0.558. The summed E-state index contributed by atoms with van der Waals surface area (Å²) in [6, 6.07) is 3.47. The predicted octanol–water partition coefficient (Wildman–Crippen LogP) is 2.06. The Labute approximate surface area is 128 Å². The number of sulfonamides is 1. The molecule has 2 N–H and O–H groups in total. The smallest absolute Gasteiger partial charge is 0.271 e. The molecule has 1 rings (SSSR count). The van der Waals surface area contributed by atoms with Gasteiger partial charge in [-0.1, -0.05) is 6.92 Å². The average molecular weight is 333 g/mol. The van der Waals surface area contributed by atoms with Gasteiger partial charge in [-0.25, -0.2) is 13.1 Å². The van der Waals surface area contributed by atoms with Gasteiger partial charge in [-0.2, -0.15) is 11.8 Å². The Morgan fingerprint density at radius 1 is 1.43 bits per heavy atom. The molecule has 0 fully saturated rings. The molecule has 0 saturated carbocycles. The largest absolute Gasteiger partial charge is 0.387 e. The Balaban J connectivity index is 3.15. The summed E-state index contributed by atoms with van der Waals surface area (Å²) in [4.78, 5) is 10.2. The van der Waals surface area contributed by atoms with Crippen LogP contribution < -0.4 is 10.0 Å². The molecule has 118 valence electrons. The van der Waals surface area contributed by atoms with Crippen molar-refractivity contribution in [1.82, 2.24) is 4.72 Å². The van der Waals surface area contributed by atoms with E-state index in [1.54, 1.807) is 11.8 Å². The second-order valence-electron chi connectivity index (χ2n) is 4.37. The van der Waals surface area contributed by atoms with Gasteiger partial charge in [0.25, 0.3) is 5.69 Å². The molecule has 9 heteroatoms. The first-order valence-electron chi connectivity index (χ1n) is 6.33. The second kappa shape index (κ2) is 7.62. The molecule has 1 atom stereocenters. The van der Waals surface area contributed by atoms with Crippen molar-refractivity contribution >= 4 is 33.2 Å². The first-order valence-corrected chi connectivity index (χ1v) is 9.20. The summed E-state index contributed by atoms with van der Waals surface area (Å²) < 4.78 is 27.4. The van der Waals surface area contributed by atoms with Gasteiger partial charge < -0.3 is 5.32 Å². The minimum absolute atomic E-state index is 0.00940. The van der Waals surface area contributed by atoms with Crippen molar-refractivity contribution in [2.45, 2.75) is 24.3 Å². The van der Waals surface area contributed by atoms with Crippen LogP contribution in [0.1, 0.15) is 13.3 Å². The highest BCUT2D eigenvalue weighted by atomic mass is 32.2. The van der Waals surface area contributed by atoms with E-state index in [-0.39, 0.29) is 22.3 Å². The fourth-order valence-corrected chi connectivity index (χ4v) is 4.12. The molecular weight excluding hydrogens is 314 g/mol. The van der Waals surface area contributed by atoms with Gasteiger partial charge in [0.1, 0.15) is 4.90 Å². The summed E-state index contributed by atoms with van der Waals surface area (Å²) in [5, 5.41) is 13.4. The number of non-ortho nitro benzene ring substituents is 1. The number of nitrogens with one attached hydrogen (secondary N) is 2. The van der Waals surface area contributed by atoms with Gasteiger partial charge >= 0.3 is 0 Å². The van der Waals surface area contributed by atoms with E-state index in [4.69, 9.17) is 0 Å². The minimum atomic E-state index is -3.73. The van der Waals surface area contributed by atoms with E-state index in [0.717, 1.165) is 0 Å². The molecule has 1 aromatic rings. The minimum Gasteiger partial charge on any atom is -0.387 e. The summed E-state index contributed by atoms with van der Waals surface area (Å²) in [7, 11) is -2.20. The van der Waals surface area contributed by atoms with Crippen LogP contribution in [-0.4, -0.2) is 38.4 Å². The molecule has 7 nitrogen and oxygen atoms in total. The number of benzene rings is 1. The van der Waals surface area contributed by atoms with Crippen LogP contribution in [0.15, 0.2) is 23.1 Å². The van der Waals surface area contributed by atoms with Crippen molar-refractivity contribution in [3.8, 4) is 0 Å². The Morgan fingerprint density at radius 2 is 2.10 bits per heavy atom. The molecule has 0 saturated heterocycles. The van der Waals surface area contributed by atoms with E-state index < -0.39 is 14.9 Å². The number of hydrogen-bond donors (Lipinski definition) is 2. The molecule has 0 heterocycles. The van der Waals surface area contributed by atoms with E-state index in [1.165, 1.54) is 25.2 Å². The van der Waals surface area contributed by atoms with Crippen LogP contribution in [0.3, 0.4) is 0 Å². The third-order valence-electron chi connectivity index (χ3n) is 2.92. The van der Waals surface area contributed by atoms with E-state index >= 15 is 0 Å². The van der Waals surface area contributed by atoms with Crippen molar-refractivity contribution in [1.29, 1.82) is 0 Å². The zero-order chi connectivity index (χ0) is 16.0. The van der Waals surface area contributed by atoms with Crippen LogP contribution in [0.2, 0.25) is 0 Å². The van der Waals surface area contributed by atoms with E-state index in [2.05, 4.69) is 10.0 Å². The number of thioether (sulfide) groups is 1.